The molecule has 0 radical (unpaired) electrons. The normalized spacial score (nSPS) is 13.8. The highest BCUT2D eigenvalue weighted by Gasteiger charge is 2.15. The number of nitrogens with one attached hydrogen (secondary N) is 3. The van der Waals surface area contributed by atoms with Gasteiger partial charge in [-0.15, -0.1) is 0 Å². The molecular formula is C22H44N4O6. The Morgan fingerprint density at radius 1 is 0.656 bits per heavy atom. The van der Waals surface area contributed by atoms with Gasteiger partial charge in [-0.1, -0.05) is 0 Å². The summed E-state index contributed by atoms with van der Waals surface area (Å²) in [6.45, 7) is 8.38. The van der Waals surface area contributed by atoms with E-state index in [1.165, 1.54) is 0 Å². The van der Waals surface area contributed by atoms with E-state index in [-0.39, 0.29) is 37.0 Å². The van der Waals surface area contributed by atoms with Gasteiger partial charge in [-0.05, 0) is 59.5 Å². The number of aliphatic hydroxyl groups is 3. The van der Waals surface area contributed by atoms with Crippen LogP contribution in [0.15, 0.2) is 0 Å². The van der Waals surface area contributed by atoms with E-state index in [0.29, 0.717) is 32.6 Å². The maximum atomic E-state index is 12.4. The van der Waals surface area contributed by atoms with E-state index in [1.54, 1.807) is 25.7 Å². The molecule has 0 rings (SSSR count). The Kier molecular flexibility index (Phi) is 17.8. The molecule has 10 heteroatoms. The molecule has 32 heavy (non-hydrogen) atoms. The standard InChI is InChI=1S/C22H44N4O6/c1-17(27)14-20(30)24-10-6-9-23-8-4-5-12-26(22(32)16-19(3)29)13-7-11-25-21(31)15-18(2)28/h17-19,23,27-29H,4-16H2,1-3H3,(H,24,30)(H,25,31). The Bertz CT molecular complexity index is 529. The maximum absolute atomic E-state index is 12.4. The summed E-state index contributed by atoms with van der Waals surface area (Å²) in [5.74, 6) is -0.462. The van der Waals surface area contributed by atoms with Gasteiger partial charge in [0.05, 0.1) is 37.6 Å². The summed E-state index contributed by atoms with van der Waals surface area (Å²) in [6, 6.07) is 0. The van der Waals surface area contributed by atoms with Crippen LogP contribution in [0.3, 0.4) is 0 Å². The van der Waals surface area contributed by atoms with Crippen molar-refractivity contribution in [1.29, 1.82) is 0 Å². The average Bonchev–Trinajstić information content (AvgIpc) is 2.66. The summed E-state index contributed by atoms with van der Waals surface area (Å²) in [5, 5.41) is 36.7. The smallest absolute Gasteiger partial charge is 0.225 e. The first-order valence-electron chi connectivity index (χ1n) is 11.7. The highest BCUT2D eigenvalue weighted by Crippen LogP contribution is 2.03. The molecule has 0 aliphatic rings. The van der Waals surface area contributed by atoms with Crippen molar-refractivity contribution >= 4 is 17.7 Å². The van der Waals surface area contributed by atoms with Crippen molar-refractivity contribution in [2.75, 3.05) is 39.3 Å². The van der Waals surface area contributed by atoms with Gasteiger partial charge in [-0.25, -0.2) is 0 Å². The summed E-state index contributed by atoms with van der Waals surface area (Å²) >= 11 is 0. The first-order valence-corrected chi connectivity index (χ1v) is 11.7. The Labute approximate surface area is 192 Å². The van der Waals surface area contributed by atoms with Crippen molar-refractivity contribution in [2.24, 2.45) is 0 Å². The third-order valence-corrected chi connectivity index (χ3v) is 4.60. The van der Waals surface area contributed by atoms with Gasteiger partial charge in [0.1, 0.15) is 0 Å². The molecule has 6 N–H and O–H groups in total. The number of carbonyl (C=O) groups excluding carboxylic acids is 3. The fraction of sp³-hybridized carbons (Fsp3) is 0.864. The van der Waals surface area contributed by atoms with Crippen LogP contribution in [-0.2, 0) is 14.4 Å². The van der Waals surface area contributed by atoms with Crippen LogP contribution in [0.25, 0.3) is 0 Å². The molecule has 0 aliphatic carbocycles. The lowest BCUT2D eigenvalue weighted by Gasteiger charge is -2.23. The predicted octanol–water partition coefficient (Wildman–Crippen LogP) is -0.490. The molecule has 0 bridgehead atoms. The Morgan fingerprint density at radius 2 is 1.12 bits per heavy atom. The Hall–Kier alpha value is -1.75. The predicted molar refractivity (Wildman–Crippen MR) is 123 cm³/mol. The fourth-order valence-corrected chi connectivity index (χ4v) is 3.04. The SMILES string of the molecule is CC(O)CC(=O)NCCCNCCCCN(CCCNC(=O)CC(C)O)C(=O)CC(C)O. The van der Waals surface area contributed by atoms with E-state index in [1.807, 2.05) is 0 Å². The van der Waals surface area contributed by atoms with Crippen LogP contribution in [0, 0.1) is 0 Å². The van der Waals surface area contributed by atoms with E-state index < -0.39 is 18.3 Å². The largest absolute Gasteiger partial charge is 0.393 e. The van der Waals surface area contributed by atoms with Crippen molar-refractivity contribution in [1.82, 2.24) is 20.9 Å². The molecule has 0 heterocycles. The lowest BCUT2D eigenvalue weighted by molar-refractivity contribution is -0.133. The van der Waals surface area contributed by atoms with Crippen LogP contribution in [0.5, 0.6) is 0 Å². The summed E-state index contributed by atoms with van der Waals surface area (Å²) in [4.78, 5) is 37.1. The third-order valence-electron chi connectivity index (χ3n) is 4.60. The minimum Gasteiger partial charge on any atom is -0.393 e. The van der Waals surface area contributed by atoms with Gasteiger partial charge in [0.25, 0.3) is 0 Å². The molecule has 10 nitrogen and oxygen atoms in total. The van der Waals surface area contributed by atoms with Gasteiger partial charge in [-0.2, -0.15) is 0 Å². The molecule has 0 aromatic rings. The Morgan fingerprint density at radius 3 is 1.66 bits per heavy atom. The zero-order valence-electron chi connectivity index (χ0n) is 19.9. The minimum atomic E-state index is -0.696. The molecule has 0 spiro atoms. The number of hydrogen-bond acceptors (Lipinski definition) is 7. The molecule has 188 valence electrons. The molecule has 0 saturated heterocycles. The lowest BCUT2D eigenvalue weighted by Crippen LogP contribution is -2.37. The summed E-state index contributed by atoms with van der Waals surface area (Å²) in [7, 11) is 0. The second-order valence-electron chi connectivity index (χ2n) is 8.40. The van der Waals surface area contributed by atoms with Crippen LogP contribution in [0.2, 0.25) is 0 Å². The molecule has 3 amide bonds. The van der Waals surface area contributed by atoms with Gasteiger partial charge in [0, 0.05) is 26.2 Å². The van der Waals surface area contributed by atoms with Crippen LogP contribution in [0.1, 0.15) is 65.7 Å². The number of hydrogen-bond donors (Lipinski definition) is 6. The second-order valence-corrected chi connectivity index (χ2v) is 8.40. The zero-order valence-corrected chi connectivity index (χ0v) is 19.9. The summed E-state index contributed by atoms with van der Waals surface area (Å²) in [5.41, 5.74) is 0. The Balaban J connectivity index is 4.01. The molecule has 0 saturated carbocycles. The lowest BCUT2D eigenvalue weighted by atomic mass is 10.2. The molecule has 3 atom stereocenters. The number of rotatable bonds is 19. The zero-order chi connectivity index (χ0) is 24.4. The van der Waals surface area contributed by atoms with E-state index in [9.17, 15) is 24.6 Å². The monoisotopic (exact) mass is 460 g/mol. The second kappa shape index (κ2) is 18.8. The molecule has 0 fully saturated rings. The summed E-state index contributed by atoms with van der Waals surface area (Å²) < 4.78 is 0. The minimum absolute atomic E-state index is 0.0614. The van der Waals surface area contributed by atoms with Gasteiger partial charge in [0.2, 0.25) is 17.7 Å². The van der Waals surface area contributed by atoms with Gasteiger partial charge < -0.3 is 36.2 Å². The summed E-state index contributed by atoms with van der Waals surface area (Å²) in [6.07, 6.45) is 1.36. The van der Waals surface area contributed by atoms with Crippen LogP contribution in [-0.4, -0.2) is 95.5 Å². The molecular weight excluding hydrogens is 416 g/mol. The quantitative estimate of drug-likeness (QED) is 0.142. The van der Waals surface area contributed by atoms with Crippen molar-refractivity contribution in [3.63, 3.8) is 0 Å². The maximum Gasteiger partial charge on any atom is 0.225 e. The average molecular weight is 461 g/mol. The van der Waals surface area contributed by atoms with E-state index in [0.717, 1.165) is 32.4 Å². The number of carbonyl (C=O) groups is 3. The third kappa shape index (κ3) is 19.0. The molecule has 0 aromatic heterocycles. The van der Waals surface area contributed by atoms with Gasteiger partial charge in [-0.3, -0.25) is 14.4 Å². The highest BCUT2D eigenvalue weighted by molar-refractivity contribution is 5.77. The van der Waals surface area contributed by atoms with Crippen molar-refractivity contribution in [3.05, 3.63) is 0 Å². The van der Waals surface area contributed by atoms with Gasteiger partial charge in [0.15, 0.2) is 0 Å². The molecule has 3 unspecified atom stereocenters. The topological polar surface area (TPSA) is 151 Å². The van der Waals surface area contributed by atoms with Crippen molar-refractivity contribution < 1.29 is 29.7 Å². The van der Waals surface area contributed by atoms with Crippen molar-refractivity contribution in [2.45, 2.75) is 84.0 Å². The number of amides is 3. The van der Waals surface area contributed by atoms with E-state index in [4.69, 9.17) is 5.11 Å². The van der Waals surface area contributed by atoms with Crippen LogP contribution in [0.4, 0.5) is 0 Å². The molecule has 0 aromatic carbocycles. The van der Waals surface area contributed by atoms with Crippen LogP contribution >= 0.6 is 0 Å². The van der Waals surface area contributed by atoms with Crippen molar-refractivity contribution in [3.8, 4) is 0 Å². The molecule has 0 aliphatic heterocycles. The van der Waals surface area contributed by atoms with Crippen LogP contribution < -0.4 is 16.0 Å². The van der Waals surface area contributed by atoms with E-state index >= 15 is 0 Å². The fourth-order valence-electron chi connectivity index (χ4n) is 3.04. The number of aliphatic hydroxyl groups excluding tert-OH is 3. The van der Waals surface area contributed by atoms with E-state index in [2.05, 4.69) is 16.0 Å². The first kappa shape index (κ1) is 30.2. The van der Waals surface area contributed by atoms with Gasteiger partial charge >= 0.3 is 0 Å². The number of unbranched alkanes of at least 4 members (excludes halogenated alkanes) is 1. The number of nitrogens with zero attached hydrogens (tertiary/aromatic N) is 1. The highest BCUT2D eigenvalue weighted by atomic mass is 16.3. The first-order chi connectivity index (χ1) is 15.1.